The van der Waals surface area contributed by atoms with Crippen molar-refractivity contribution in [3.63, 3.8) is 0 Å². The molecule has 3 aromatic carbocycles. The normalized spacial score (nSPS) is 15.8. The second-order valence-electron chi connectivity index (χ2n) is 8.88. The molecule has 37 heavy (non-hydrogen) atoms. The van der Waals surface area contributed by atoms with Gasteiger partial charge in [-0.2, -0.15) is 0 Å². The number of aryl methyl sites for hydroxylation is 2. The van der Waals surface area contributed by atoms with Gasteiger partial charge in [-0.15, -0.1) is 0 Å². The topological polar surface area (TPSA) is 79.7 Å². The molecule has 186 valence electrons. The van der Waals surface area contributed by atoms with Crippen LogP contribution in [0.25, 0.3) is 16.3 Å². The van der Waals surface area contributed by atoms with Gasteiger partial charge in [0.2, 0.25) is 0 Å². The number of aliphatic hydroxyl groups is 1. The van der Waals surface area contributed by atoms with Crippen molar-refractivity contribution in [1.82, 2.24) is 4.98 Å². The summed E-state index contributed by atoms with van der Waals surface area (Å²) in [6, 6.07) is 19.8. The predicted octanol–water partition coefficient (Wildman–Crippen LogP) is 6.49. The van der Waals surface area contributed by atoms with Crippen LogP contribution >= 0.6 is 11.3 Å². The Morgan fingerprint density at radius 1 is 1.11 bits per heavy atom. The van der Waals surface area contributed by atoms with E-state index < -0.39 is 23.5 Å². The maximum Gasteiger partial charge on any atom is 0.296 e. The minimum Gasteiger partial charge on any atom is -0.503 e. The molecule has 7 heteroatoms. The fourth-order valence-electron chi connectivity index (χ4n) is 4.60. The van der Waals surface area contributed by atoms with E-state index in [-0.39, 0.29) is 5.57 Å². The Hall–Kier alpha value is -4.23. The van der Waals surface area contributed by atoms with Crippen molar-refractivity contribution in [2.45, 2.75) is 26.8 Å². The van der Waals surface area contributed by atoms with Gasteiger partial charge in [-0.25, -0.2) is 4.98 Å². The second kappa shape index (κ2) is 10.0. The van der Waals surface area contributed by atoms with Crippen LogP contribution in [0.15, 0.2) is 84.1 Å². The molecule has 0 spiro atoms. The molecule has 1 aromatic heterocycles. The third-order valence-electron chi connectivity index (χ3n) is 6.21. The number of hydrogen-bond donors (Lipinski definition) is 1. The first-order chi connectivity index (χ1) is 17.9. The van der Waals surface area contributed by atoms with Gasteiger partial charge in [0.1, 0.15) is 5.75 Å². The largest absolute Gasteiger partial charge is 0.503 e. The number of ketones is 1. The zero-order valence-corrected chi connectivity index (χ0v) is 21.6. The molecule has 1 aliphatic rings. The smallest absolute Gasteiger partial charge is 0.296 e. The standard InChI is InChI=1S/C30H26N2O4S/c1-4-36-22-12-8-11-21(17-22)27-25(23(33)14-13-20-9-6-5-7-10-20)28(34)29(35)32(27)30-31-26-19(3)15-18(2)16-24(26)37-30/h5-17,27,34H,4H2,1-3H3/b14-13+. The number of carbonyl (C=O) groups is 2. The van der Waals surface area contributed by atoms with Crippen molar-refractivity contribution in [2.75, 3.05) is 11.5 Å². The summed E-state index contributed by atoms with van der Waals surface area (Å²) in [5.74, 6) is -1.06. The number of aromatic nitrogens is 1. The molecule has 0 radical (unpaired) electrons. The van der Waals surface area contributed by atoms with Crippen molar-refractivity contribution in [3.05, 3.63) is 106 Å². The Morgan fingerprint density at radius 2 is 1.89 bits per heavy atom. The summed E-state index contributed by atoms with van der Waals surface area (Å²) in [4.78, 5) is 33.2. The Balaban J connectivity index is 1.63. The van der Waals surface area contributed by atoms with Crippen LogP contribution < -0.4 is 9.64 Å². The number of fused-ring (bicyclic) bond motifs is 1. The molecule has 1 aliphatic heterocycles. The molecule has 2 heterocycles. The first-order valence-electron chi connectivity index (χ1n) is 12.0. The number of carbonyl (C=O) groups excluding carboxylic acids is 2. The lowest BCUT2D eigenvalue weighted by Crippen LogP contribution is -2.30. The molecule has 0 aliphatic carbocycles. The minimum absolute atomic E-state index is 0.0120. The van der Waals surface area contributed by atoms with Gasteiger partial charge in [0.05, 0.1) is 28.4 Å². The van der Waals surface area contributed by atoms with Crippen molar-refractivity contribution in [1.29, 1.82) is 0 Å². The zero-order valence-electron chi connectivity index (χ0n) is 20.8. The number of thiazole rings is 1. The quantitative estimate of drug-likeness (QED) is 0.287. The van der Waals surface area contributed by atoms with Gasteiger partial charge in [-0.3, -0.25) is 14.5 Å². The van der Waals surface area contributed by atoms with Gasteiger partial charge in [0.15, 0.2) is 16.7 Å². The van der Waals surface area contributed by atoms with Crippen LogP contribution in [0.4, 0.5) is 5.13 Å². The van der Waals surface area contributed by atoms with E-state index in [9.17, 15) is 14.7 Å². The van der Waals surface area contributed by atoms with Crippen LogP contribution in [-0.2, 0) is 9.59 Å². The molecule has 0 saturated carbocycles. The first-order valence-corrected chi connectivity index (χ1v) is 12.8. The van der Waals surface area contributed by atoms with Crippen LogP contribution in [0.1, 0.15) is 35.2 Å². The SMILES string of the molecule is CCOc1cccc(C2C(C(=O)/C=C/c3ccccc3)=C(O)C(=O)N2c2nc3c(C)cc(C)cc3s2)c1. The number of benzene rings is 3. The molecular formula is C30H26N2O4S. The van der Waals surface area contributed by atoms with Crippen LogP contribution in [0.3, 0.4) is 0 Å². The van der Waals surface area contributed by atoms with Crippen molar-refractivity contribution in [3.8, 4) is 5.75 Å². The molecule has 1 N–H and O–H groups in total. The summed E-state index contributed by atoms with van der Waals surface area (Å²) in [6.07, 6.45) is 3.07. The number of anilines is 1. The van der Waals surface area contributed by atoms with Crippen LogP contribution in [0.2, 0.25) is 0 Å². The molecule has 1 amide bonds. The second-order valence-corrected chi connectivity index (χ2v) is 9.89. The van der Waals surface area contributed by atoms with E-state index in [1.54, 1.807) is 12.1 Å². The van der Waals surface area contributed by atoms with Gasteiger partial charge in [0.25, 0.3) is 5.91 Å². The number of amides is 1. The van der Waals surface area contributed by atoms with Gasteiger partial charge in [-0.1, -0.05) is 65.9 Å². The number of allylic oxidation sites excluding steroid dienone is 1. The highest BCUT2D eigenvalue weighted by Gasteiger charge is 2.45. The summed E-state index contributed by atoms with van der Waals surface area (Å²) in [6.45, 7) is 6.35. The lowest BCUT2D eigenvalue weighted by atomic mass is 9.95. The average Bonchev–Trinajstić information content (AvgIpc) is 3.42. The van der Waals surface area contributed by atoms with E-state index in [1.807, 2.05) is 81.4 Å². The number of nitrogens with zero attached hydrogens (tertiary/aromatic N) is 2. The first kappa shape index (κ1) is 24.5. The van der Waals surface area contributed by atoms with Crippen molar-refractivity contribution >= 4 is 44.5 Å². The molecule has 5 rings (SSSR count). The fraction of sp³-hybridized carbons (Fsp3) is 0.167. The van der Waals surface area contributed by atoms with Crippen LogP contribution in [0, 0.1) is 13.8 Å². The summed E-state index contributed by atoms with van der Waals surface area (Å²) in [5.41, 5.74) is 4.38. The Kier molecular flexibility index (Phi) is 6.63. The molecule has 0 fully saturated rings. The Labute approximate surface area is 219 Å². The molecule has 0 bridgehead atoms. The fourth-order valence-corrected chi connectivity index (χ4v) is 5.77. The number of aliphatic hydroxyl groups excluding tert-OH is 1. The molecule has 1 unspecified atom stereocenters. The van der Waals surface area contributed by atoms with Gasteiger partial charge < -0.3 is 9.84 Å². The van der Waals surface area contributed by atoms with E-state index in [2.05, 4.69) is 0 Å². The van der Waals surface area contributed by atoms with E-state index in [0.29, 0.717) is 23.1 Å². The third-order valence-corrected chi connectivity index (χ3v) is 7.21. The zero-order chi connectivity index (χ0) is 26.1. The van der Waals surface area contributed by atoms with Crippen molar-refractivity contribution < 1.29 is 19.4 Å². The minimum atomic E-state index is -0.859. The lowest BCUT2D eigenvalue weighted by molar-refractivity contribution is -0.117. The van der Waals surface area contributed by atoms with Gasteiger partial charge in [-0.05, 0) is 67.3 Å². The predicted molar refractivity (Wildman–Crippen MR) is 147 cm³/mol. The molecule has 4 aromatic rings. The Bertz CT molecular complexity index is 1570. The van der Waals surface area contributed by atoms with E-state index in [4.69, 9.17) is 9.72 Å². The highest BCUT2D eigenvalue weighted by Crippen LogP contribution is 2.44. The van der Waals surface area contributed by atoms with E-state index in [0.717, 1.165) is 26.9 Å². The summed E-state index contributed by atoms with van der Waals surface area (Å²) < 4.78 is 6.62. The lowest BCUT2D eigenvalue weighted by Gasteiger charge is -2.24. The highest BCUT2D eigenvalue weighted by molar-refractivity contribution is 7.22. The van der Waals surface area contributed by atoms with Gasteiger partial charge >= 0.3 is 0 Å². The summed E-state index contributed by atoms with van der Waals surface area (Å²) in [5, 5.41) is 11.4. The van der Waals surface area contributed by atoms with Crippen LogP contribution in [0.5, 0.6) is 5.75 Å². The van der Waals surface area contributed by atoms with Crippen molar-refractivity contribution in [2.24, 2.45) is 0 Å². The molecule has 6 nitrogen and oxygen atoms in total. The Morgan fingerprint density at radius 3 is 2.65 bits per heavy atom. The average molecular weight is 511 g/mol. The molecule has 0 saturated heterocycles. The maximum atomic E-state index is 13.5. The third kappa shape index (κ3) is 4.66. The van der Waals surface area contributed by atoms with Crippen LogP contribution in [-0.4, -0.2) is 28.4 Å². The monoisotopic (exact) mass is 510 g/mol. The number of rotatable bonds is 7. The summed E-state index contributed by atoms with van der Waals surface area (Å²) >= 11 is 1.36. The number of ether oxygens (including phenoxy) is 1. The van der Waals surface area contributed by atoms with Gasteiger partial charge in [0, 0.05) is 0 Å². The van der Waals surface area contributed by atoms with E-state index >= 15 is 0 Å². The maximum absolute atomic E-state index is 13.5. The summed E-state index contributed by atoms with van der Waals surface area (Å²) in [7, 11) is 0. The molecular weight excluding hydrogens is 484 g/mol. The van der Waals surface area contributed by atoms with E-state index in [1.165, 1.54) is 22.3 Å². The highest BCUT2D eigenvalue weighted by atomic mass is 32.1. The molecule has 1 atom stereocenters. The number of hydrogen-bond acceptors (Lipinski definition) is 6.